The third kappa shape index (κ3) is 5.10. The number of sulfonamides is 1. The standard InChI is InChI=1S/C16H16N2O6S/c19-16(20)11-10-15(12-4-2-1-3-5-12)17-25(23,24)14-8-6-13(7-9-14)18(21)22/h1-9,15,17H,10-11H2,(H,19,20). The Morgan fingerprint density at radius 1 is 1.12 bits per heavy atom. The molecule has 1 unspecified atom stereocenters. The lowest BCUT2D eigenvalue weighted by Crippen LogP contribution is -2.29. The zero-order chi connectivity index (χ0) is 18.4. The monoisotopic (exact) mass is 364 g/mol. The first kappa shape index (κ1) is 18.6. The molecule has 0 aliphatic heterocycles. The van der Waals surface area contributed by atoms with Crippen LogP contribution < -0.4 is 4.72 Å². The Balaban J connectivity index is 2.26. The van der Waals surface area contributed by atoms with Crippen LogP contribution in [0.15, 0.2) is 59.5 Å². The van der Waals surface area contributed by atoms with Crippen molar-refractivity contribution in [2.75, 3.05) is 0 Å². The van der Waals surface area contributed by atoms with Gasteiger partial charge in [0.05, 0.1) is 9.82 Å². The SMILES string of the molecule is O=C(O)CCC(NS(=O)(=O)c1ccc([N+](=O)[O-])cc1)c1ccccc1. The van der Waals surface area contributed by atoms with E-state index in [1.54, 1.807) is 30.3 Å². The fourth-order valence-corrected chi connectivity index (χ4v) is 3.51. The highest BCUT2D eigenvalue weighted by Crippen LogP contribution is 2.23. The highest BCUT2D eigenvalue weighted by molar-refractivity contribution is 7.89. The molecule has 0 aromatic heterocycles. The van der Waals surface area contributed by atoms with E-state index in [-0.39, 0.29) is 23.4 Å². The van der Waals surface area contributed by atoms with E-state index in [1.165, 1.54) is 0 Å². The van der Waals surface area contributed by atoms with Crippen molar-refractivity contribution in [3.63, 3.8) is 0 Å². The molecule has 0 saturated heterocycles. The van der Waals surface area contributed by atoms with Crippen LogP contribution in [0.3, 0.4) is 0 Å². The van der Waals surface area contributed by atoms with Gasteiger partial charge in [-0.2, -0.15) is 0 Å². The summed E-state index contributed by atoms with van der Waals surface area (Å²) in [5.41, 5.74) is 0.415. The number of nitrogens with one attached hydrogen (secondary N) is 1. The molecule has 2 aromatic rings. The summed E-state index contributed by atoms with van der Waals surface area (Å²) in [6.07, 6.45) is -0.131. The first-order chi connectivity index (χ1) is 11.8. The van der Waals surface area contributed by atoms with Gasteiger partial charge in [-0.1, -0.05) is 30.3 Å². The normalized spacial score (nSPS) is 12.5. The van der Waals surface area contributed by atoms with Crippen LogP contribution in [0.1, 0.15) is 24.4 Å². The highest BCUT2D eigenvalue weighted by Gasteiger charge is 2.22. The molecule has 25 heavy (non-hydrogen) atoms. The number of rotatable bonds is 8. The molecule has 0 saturated carbocycles. The Labute approximate surface area is 144 Å². The quantitative estimate of drug-likeness (QED) is 0.547. The number of carbonyl (C=O) groups is 1. The molecule has 0 heterocycles. The number of non-ortho nitro benzene ring substituents is 1. The first-order valence-electron chi connectivity index (χ1n) is 7.33. The number of nitro groups is 1. The number of nitro benzene ring substituents is 1. The third-order valence-electron chi connectivity index (χ3n) is 3.50. The summed E-state index contributed by atoms with van der Waals surface area (Å²) in [7, 11) is -3.96. The number of nitrogens with zero attached hydrogens (tertiary/aromatic N) is 1. The minimum Gasteiger partial charge on any atom is -0.481 e. The van der Waals surface area contributed by atoms with Gasteiger partial charge in [0.2, 0.25) is 10.0 Å². The van der Waals surface area contributed by atoms with Gasteiger partial charge >= 0.3 is 5.97 Å². The summed E-state index contributed by atoms with van der Waals surface area (Å²) in [4.78, 5) is 20.7. The van der Waals surface area contributed by atoms with Crippen LogP contribution >= 0.6 is 0 Å². The Kier molecular flexibility index (Phi) is 5.84. The topological polar surface area (TPSA) is 127 Å². The van der Waals surface area contributed by atoms with Crippen molar-refractivity contribution >= 4 is 21.7 Å². The molecule has 0 amide bonds. The van der Waals surface area contributed by atoms with Crippen molar-refractivity contribution in [1.29, 1.82) is 0 Å². The maximum atomic E-state index is 12.5. The van der Waals surface area contributed by atoms with Gasteiger partial charge in [-0.05, 0) is 24.1 Å². The Morgan fingerprint density at radius 2 is 1.72 bits per heavy atom. The molecule has 1 atom stereocenters. The largest absolute Gasteiger partial charge is 0.481 e. The number of hydrogen-bond donors (Lipinski definition) is 2. The second-order valence-electron chi connectivity index (χ2n) is 5.27. The van der Waals surface area contributed by atoms with Crippen LogP contribution in [0.4, 0.5) is 5.69 Å². The molecule has 0 aliphatic rings. The van der Waals surface area contributed by atoms with Gasteiger partial charge in [0.15, 0.2) is 0 Å². The van der Waals surface area contributed by atoms with Gasteiger partial charge in [-0.25, -0.2) is 13.1 Å². The van der Waals surface area contributed by atoms with Crippen molar-refractivity contribution in [3.8, 4) is 0 Å². The molecule has 2 rings (SSSR count). The predicted molar refractivity (Wildman–Crippen MR) is 89.5 cm³/mol. The summed E-state index contributed by atoms with van der Waals surface area (Å²) in [5.74, 6) is -1.03. The van der Waals surface area contributed by atoms with Crippen molar-refractivity contribution in [2.45, 2.75) is 23.8 Å². The summed E-state index contributed by atoms with van der Waals surface area (Å²) < 4.78 is 27.5. The predicted octanol–water partition coefficient (Wildman–Crippen LogP) is 2.48. The lowest BCUT2D eigenvalue weighted by atomic mass is 10.0. The number of aliphatic carboxylic acids is 1. The maximum absolute atomic E-state index is 12.5. The lowest BCUT2D eigenvalue weighted by molar-refractivity contribution is -0.384. The van der Waals surface area contributed by atoms with Crippen LogP contribution in [0.25, 0.3) is 0 Å². The van der Waals surface area contributed by atoms with Gasteiger partial charge in [0.25, 0.3) is 5.69 Å². The van der Waals surface area contributed by atoms with E-state index in [0.29, 0.717) is 5.56 Å². The molecular formula is C16H16N2O6S. The van der Waals surface area contributed by atoms with Crippen LogP contribution in [-0.4, -0.2) is 24.4 Å². The fraction of sp³-hybridized carbons (Fsp3) is 0.188. The Hall–Kier alpha value is -2.78. The Bertz CT molecular complexity index is 850. The second kappa shape index (κ2) is 7.86. The molecule has 132 valence electrons. The minimum atomic E-state index is -3.96. The van der Waals surface area contributed by atoms with Crippen molar-refractivity contribution in [2.24, 2.45) is 0 Å². The van der Waals surface area contributed by atoms with Gasteiger partial charge in [0, 0.05) is 24.6 Å². The molecular weight excluding hydrogens is 348 g/mol. The number of carboxylic acid groups (broad SMARTS) is 1. The molecule has 0 bridgehead atoms. The van der Waals surface area contributed by atoms with Crippen molar-refractivity contribution < 1.29 is 23.2 Å². The average molecular weight is 364 g/mol. The summed E-state index contributed by atoms with van der Waals surface area (Å²) in [5, 5.41) is 19.5. The smallest absolute Gasteiger partial charge is 0.303 e. The van der Waals surface area contributed by atoms with Gasteiger partial charge < -0.3 is 5.11 Å². The van der Waals surface area contributed by atoms with E-state index < -0.39 is 27.0 Å². The van der Waals surface area contributed by atoms with Crippen LogP contribution in [0.5, 0.6) is 0 Å². The van der Waals surface area contributed by atoms with E-state index in [2.05, 4.69) is 4.72 Å². The minimum absolute atomic E-state index is 0.0750. The second-order valence-corrected chi connectivity index (χ2v) is 6.98. The van der Waals surface area contributed by atoms with E-state index in [4.69, 9.17) is 5.11 Å². The average Bonchev–Trinajstić information content (AvgIpc) is 2.59. The van der Waals surface area contributed by atoms with E-state index in [0.717, 1.165) is 24.3 Å². The summed E-state index contributed by atoms with van der Waals surface area (Å²) >= 11 is 0. The zero-order valence-electron chi connectivity index (χ0n) is 13.0. The lowest BCUT2D eigenvalue weighted by Gasteiger charge is -2.18. The van der Waals surface area contributed by atoms with Crippen LogP contribution in [-0.2, 0) is 14.8 Å². The number of benzene rings is 2. The van der Waals surface area contributed by atoms with E-state index in [9.17, 15) is 23.3 Å². The van der Waals surface area contributed by atoms with E-state index >= 15 is 0 Å². The van der Waals surface area contributed by atoms with Gasteiger partial charge in [-0.3, -0.25) is 14.9 Å². The molecule has 8 nitrogen and oxygen atoms in total. The number of carboxylic acids is 1. The van der Waals surface area contributed by atoms with Crippen LogP contribution in [0, 0.1) is 10.1 Å². The first-order valence-corrected chi connectivity index (χ1v) is 8.81. The summed E-state index contributed by atoms with van der Waals surface area (Å²) in [6, 6.07) is 12.4. The molecule has 2 aromatic carbocycles. The van der Waals surface area contributed by atoms with E-state index in [1.807, 2.05) is 0 Å². The molecule has 0 aliphatic carbocycles. The third-order valence-corrected chi connectivity index (χ3v) is 4.99. The van der Waals surface area contributed by atoms with Crippen molar-refractivity contribution in [3.05, 3.63) is 70.3 Å². The van der Waals surface area contributed by atoms with Crippen LogP contribution in [0.2, 0.25) is 0 Å². The fourth-order valence-electron chi connectivity index (χ4n) is 2.25. The summed E-state index contributed by atoms with van der Waals surface area (Å²) in [6.45, 7) is 0. The van der Waals surface area contributed by atoms with Gasteiger partial charge in [0.1, 0.15) is 0 Å². The highest BCUT2D eigenvalue weighted by atomic mass is 32.2. The van der Waals surface area contributed by atoms with Gasteiger partial charge in [-0.15, -0.1) is 0 Å². The van der Waals surface area contributed by atoms with Crippen molar-refractivity contribution in [1.82, 2.24) is 4.72 Å². The molecule has 9 heteroatoms. The molecule has 0 spiro atoms. The maximum Gasteiger partial charge on any atom is 0.303 e. The number of hydrogen-bond acceptors (Lipinski definition) is 5. The molecule has 0 fully saturated rings. The zero-order valence-corrected chi connectivity index (χ0v) is 13.8. The molecule has 2 N–H and O–H groups in total. The Morgan fingerprint density at radius 3 is 2.24 bits per heavy atom. The molecule has 0 radical (unpaired) electrons.